The largest absolute Gasteiger partial charge is 0.352 e. The Labute approximate surface area is 172 Å². The van der Waals surface area contributed by atoms with Crippen molar-refractivity contribution in [2.45, 2.75) is 58.7 Å². The fourth-order valence-corrected chi connectivity index (χ4v) is 3.87. The van der Waals surface area contributed by atoms with Crippen molar-refractivity contribution < 1.29 is 14.0 Å². The molecule has 3 rings (SSSR count). The molecule has 2 aromatic rings. The molecule has 1 aliphatic rings. The van der Waals surface area contributed by atoms with Crippen LogP contribution in [0.4, 0.5) is 4.39 Å². The Bertz CT molecular complexity index is 881. The van der Waals surface area contributed by atoms with Crippen LogP contribution >= 0.6 is 0 Å². The summed E-state index contributed by atoms with van der Waals surface area (Å²) in [6, 6.07) is 13.8. The van der Waals surface area contributed by atoms with Gasteiger partial charge in [-0.2, -0.15) is 0 Å². The first kappa shape index (κ1) is 21.0. The van der Waals surface area contributed by atoms with Gasteiger partial charge in [0.05, 0.1) is 0 Å². The normalized spacial score (nSPS) is 17.0. The molecule has 1 aliphatic heterocycles. The van der Waals surface area contributed by atoms with Crippen LogP contribution in [-0.4, -0.2) is 28.8 Å². The molecule has 2 atom stereocenters. The summed E-state index contributed by atoms with van der Waals surface area (Å²) in [7, 11) is 0. The van der Waals surface area contributed by atoms with Crippen molar-refractivity contribution in [1.82, 2.24) is 10.2 Å². The number of halogens is 1. The Morgan fingerprint density at radius 1 is 1.07 bits per heavy atom. The molecular formula is C24H29FN2O2. The van der Waals surface area contributed by atoms with Crippen molar-refractivity contribution in [3.8, 4) is 0 Å². The predicted molar refractivity (Wildman–Crippen MR) is 112 cm³/mol. The van der Waals surface area contributed by atoms with E-state index >= 15 is 0 Å². The Morgan fingerprint density at radius 2 is 1.72 bits per heavy atom. The molecule has 0 saturated carbocycles. The smallest absolute Gasteiger partial charge is 0.243 e. The lowest BCUT2D eigenvalue weighted by molar-refractivity contribution is -0.142. The molecule has 2 aromatic carbocycles. The molecule has 154 valence electrons. The minimum Gasteiger partial charge on any atom is -0.352 e. The topological polar surface area (TPSA) is 49.4 Å². The third-order valence-electron chi connectivity index (χ3n) is 5.33. The third kappa shape index (κ3) is 5.22. The van der Waals surface area contributed by atoms with E-state index in [1.165, 1.54) is 6.07 Å². The second-order valence-electron chi connectivity index (χ2n) is 8.31. The van der Waals surface area contributed by atoms with Gasteiger partial charge in [-0.3, -0.25) is 9.59 Å². The Balaban J connectivity index is 1.75. The lowest BCUT2D eigenvalue weighted by Crippen LogP contribution is -2.54. The molecule has 0 radical (unpaired) electrons. The number of nitrogens with one attached hydrogen (secondary N) is 1. The number of carbonyl (C=O) groups is 2. The summed E-state index contributed by atoms with van der Waals surface area (Å²) in [4.78, 5) is 27.6. The lowest BCUT2D eigenvalue weighted by Gasteiger charge is -2.37. The Kier molecular flexibility index (Phi) is 6.68. The van der Waals surface area contributed by atoms with Crippen molar-refractivity contribution in [1.29, 1.82) is 0 Å². The molecule has 0 saturated heterocycles. The zero-order valence-electron chi connectivity index (χ0n) is 17.3. The van der Waals surface area contributed by atoms with E-state index in [4.69, 9.17) is 0 Å². The molecule has 1 N–H and O–H groups in total. The highest BCUT2D eigenvalue weighted by molar-refractivity contribution is 5.88. The van der Waals surface area contributed by atoms with Gasteiger partial charge in [-0.1, -0.05) is 56.3 Å². The van der Waals surface area contributed by atoms with Crippen molar-refractivity contribution in [2.24, 2.45) is 5.92 Å². The van der Waals surface area contributed by atoms with Gasteiger partial charge in [-0.15, -0.1) is 0 Å². The molecule has 4 nitrogen and oxygen atoms in total. The standard InChI is InChI=1S/C24H29FN2O2/c1-16(2)12-23(28)27-15-20-10-5-4-8-18(20)14-22(27)24(29)26-17(3)13-19-9-6-7-11-21(19)25/h4-11,16-17,22H,12-15H2,1-3H3,(H,26,29). The van der Waals surface area contributed by atoms with Crippen LogP contribution in [0.2, 0.25) is 0 Å². The lowest BCUT2D eigenvalue weighted by atomic mass is 9.92. The number of nitrogens with zero attached hydrogens (tertiary/aromatic N) is 1. The molecular weight excluding hydrogens is 367 g/mol. The maximum Gasteiger partial charge on any atom is 0.243 e. The second-order valence-corrected chi connectivity index (χ2v) is 8.31. The SMILES string of the molecule is CC(C)CC(=O)N1Cc2ccccc2CC1C(=O)NC(C)Cc1ccccc1F. The summed E-state index contributed by atoms with van der Waals surface area (Å²) >= 11 is 0. The van der Waals surface area contributed by atoms with Gasteiger partial charge < -0.3 is 10.2 Å². The van der Waals surface area contributed by atoms with Gasteiger partial charge in [-0.05, 0) is 42.0 Å². The van der Waals surface area contributed by atoms with Crippen LogP contribution in [0.3, 0.4) is 0 Å². The van der Waals surface area contributed by atoms with Gasteiger partial charge in [0.25, 0.3) is 0 Å². The minimum atomic E-state index is -0.542. The van der Waals surface area contributed by atoms with Crippen LogP contribution in [-0.2, 0) is 29.0 Å². The van der Waals surface area contributed by atoms with E-state index in [9.17, 15) is 14.0 Å². The van der Waals surface area contributed by atoms with Crippen molar-refractivity contribution >= 4 is 11.8 Å². The van der Waals surface area contributed by atoms with Gasteiger partial charge in [-0.25, -0.2) is 4.39 Å². The summed E-state index contributed by atoms with van der Waals surface area (Å²) in [6.45, 7) is 6.31. The van der Waals surface area contributed by atoms with Crippen LogP contribution in [0.15, 0.2) is 48.5 Å². The Morgan fingerprint density at radius 3 is 2.41 bits per heavy atom. The number of carbonyl (C=O) groups excluding carboxylic acids is 2. The first-order valence-electron chi connectivity index (χ1n) is 10.2. The van der Waals surface area contributed by atoms with Gasteiger partial charge in [0.15, 0.2) is 0 Å². The molecule has 0 aromatic heterocycles. The van der Waals surface area contributed by atoms with E-state index in [1.54, 1.807) is 23.1 Å². The zero-order chi connectivity index (χ0) is 21.0. The highest BCUT2D eigenvalue weighted by Crippen LogP contribution is 2.25. The molecule has 2 amide bonds. The molecule has 0 fully saturated rings. The molecule has 5 heteroatoms. The molecule has 1 heterocycles. The molecule has 29 heavy (non-hydrogen) atoms. The molecule has 2 unspecified atom stereocenters. The summed E-state index contributed by atoms with van der Waals surface area (Å²) in [5.41, 5.74) is 2.76. The maximum absolute atomic E-state index is 13.9. The first-order valence-corrected chi connectivity index (χ1v) is 10.2. The number of hydrogen-bond donors (Lipinski definition) is 1. The second kappa shape index (κ2) is 9.21. The number of hydrogen-bond acceptors (Lipinski definition) is 2. The number of benzene rings is 2. The third-order valence-corrected chi connectivity index (χ3v) is 5.33. The summed E-state index contributed by atoms with van der Waals surface area (Å²) < 4.78 is 13.9. The molecule has 0 spiro atoms. The highest BCUT2D eigenvalue weighted by atomic mass is 19.1. The minimum absolute atomic E-state index is 0.00332. The van der Waals surface area contributed by atoms with E-state index in [-0.39, 0.29) is 29.6 Å². The Hall–Kier alpha value is -2.69. The molecule has 0 bridgehead atoms. The summed E-state index contributed by atoms with van der Waals surface area (Å²) in [6.07, 6.45) is 1.32. The number of rotatable bonds is 6. The monoisotopic (exact) mass is 396 g/mol. The fourth-order valence-electron chi connectivity index (χ4n) is 3.87. The van der Waals surface area contributed by atoms with Crippen LogP contribution in [0.1, 0.15) is 43.9 Å². The van der Waals surface area contributed by atoms with Crippen molar-refractivity contribution in [3.63, 3.8) is 0 Å². The van der Waals surface area contributed by atoms with E-state index in [0.717, 1.165) is 11.1 Å². The van der Waals surface area contributed by atoms with E-state index < -0.39 is 6.04 Å². The van der Waals surface area contributed by atoms with Crippen molar-refractivity contribution in [2.75, 3.05) is 0 Å². The van der Waals surface area contributed by atoms with E-state index in [1.807, 2.05) is 45.0 Å². The highest BCUT2D eigenvalue weighted by Gasteiger charge is 2.35. The van der Waals surface area contributed by atoms with Gasteiger partial charge in [0.1, 0.15) is 11.9 Å². The van der Waals surface area contributed by atoms with Gasteiger partial charge >= 0.3 is 0 Å². The van der Waals surface area contributed by atoms with E-state index in [2.05, 4.69) is 5.32 Å². The quantitative estimate of drug-likeness (QED) is 0.806. The first-order chi connectivity index (χ1) is 13.8. The van der Waals surface area contributed by atoms with E-state index in [0.29, 0.717) is 31.4 Å². The van der Waals surface area contributed by atoms with Crippen LogP contribution in [0, 0.1) is 11.7 Å². The van der Waals surface area contributed by atoms with Gasteiger partial charge in [0, 0.05) is 25.4 Å². The average molecular weight is 397 g/mol. The van der Waals surface area contributed by atoms with Crippen LogP contribution in [0.5, 0.6) is 0 Å². The van der Waals surface area contributed by atoms with Gasteiger partial charge in [0.2, 0.25) is 11.8 Å². The van der Waals surface area contributed by atoms with Crippen molar-refractivity contribution in [3.05, 3.63) is 71.0 Å². The predicted octanol–water partition coefficient (Wildman–Crippen LogP) is 3.87. The summed E-state index contributed by atoms with van der Waals surface area (Å²) in [5, 5.41) is 2.99. The van der Waals surface area contributed by atoms with Crippen LogP contribution in [0.25, 0.3) is 0 Å². The summed E-state index contributed by atoms with van der Waals surface area (Å²) in [5.74, 6) is -0.228. The molecule has 0 aliphatic carbocycles. The number of amides is 2. The van der Waals surface area contributed by atoms with Crippen LogP contribution < -0.4 is 5.32 Å². The fraction of sp³-hybridized carbons (Fsp3) is 0.417. The number of fused-ring (bicyclic) bond motifs is 1. The zero-order valence-corrected chi connectivity index (χ0v) is 17.3. The average Bonchev–Trinajstić information content (AvgIpc) is 2.68. The maximum atomic E-state index is 13.9.